The van der Waals surface area contributed by atoms with E-state index in [1.807, 2.05) is 30.3 Å². The van der Waals surface area contributed by atoms with Crippen LogP contribution in [0.1, 0.15) is 16.8 Å². The largest absolute Gasteiger partial charge is 0.481 e. The molecule has 2 rings (SSSR count). The van der Waals surface area contributed by atoms with Crippen molar-refractivity contribution in [3.63, 3.8) is 0 Å². The van der Waals surface area contributed by atoms with Crippen molar-refractivity contribution in [3.8, 4) is 0 Å². The van der Waals surface area contributed by atoms with E-state index in [9.17, 15) is 9.59 Å². The molecule has 0 aliphatic heterocycles. The monoisotopic (exact) mass is 283 g/mol. The molecule has 0 spiro atoms. The van der Waals surface area contributed by atoms with Gasteiger partial charge in [-0.25, -0.2) is 0 Å². The first-order chi connectivity index (χ1) is 10.1. The summed E-state index contributed by atoms with van der Waals surface area (Å²) in [6, 6.07) is 12.4. The van der Waals surface area contributed by atoms with Crippen LogP contribution >= 0.6 is 0 Å². The highest BCUT2D eigenvalue weighted by Crippen LogP contribution is 2.17. The topological polar surface area (TPSA) is 66.4 Å². The molecular formula is C17H17NO3. The zero-order valence-corrected chi connectivity index (χ0v) is 11.6. The molecule has 1 atom stereocenters. The summed E-state index contributed by atoms with van der Waals surface area (Å²) in [6.07, 6.45) is 1.35. The Hall–Kier alpha value is -2.46. The number of nitrogens with one attached hydrogen (secondary N) is 1. The highest BCUT2D eigenvalue weighted by molar-refractivity contribution is 6.04. The lowest BCUT2D eigenvalue weighted by Crippen LogP contribution is -2.38. The minimum absolute atomic E-state index is 0.218. The van der Waals surface area contributed by atoms with E-state index >= 15 is 0 Å². The predicted octanol–water partition coefficient (Wildman–Crippen LogP) is 2.64. The Morgan fingerprint density at radius 1 is 1.19 bits per heavy atom. The third kappa shape index (κ3) is 3.77. The molecule has 0 aliphatic rings. The average molecular weight is 283 g/mol. The molecule has 2 aromatic carbocycles. The van der Waals surface area contributed by atoms with Gasteiger partial charge in [0.2, 0.25) is 0 Å². The Kier molecular flexibility index (Phi) is 4.85. The van der Waals surface area contributed by atoms with Crippen molar-refractivity contribution in [1.82, 2.24) is 5.32 Å². The summed E-state index contributed by atoms with van der Waals surface area (Å²) in [6.45, 7) is 3.95. The molecule has 0 radical (unpaired) electrons. The Morgan fingerprint density at radius 3 is 2.57 bits per heavy atom. The van der Waals surface area contributed by atoms with E-state index < -0.39 is 12.0 Å². The molecule has 0 heterocycles. The maximum absolute atomic E-state index is 12.5. The lowest BCUT2D eigenvalue weighted by Gasteiger charge is -2.15. The summed E-state index contributed by atoms with van der Waals surface area (Å²) in [5, 5.41) is 13.8. The van der Waals surface area contributed by atoms with E-state index in [1.54, 1.807) is 18.2 Å². The SMILES string of the molecule is C=CCNC(CC(=O)O)C(=O)c1ccc2ccccc2c1. The Bertz CT molecular complexity index is 679. The van der Waals surface area contributed by atoms with E-state index in [0.717, 1.165) is 10.8 Å². The van der Waals surface area contributed by atoms with Crippen LogP contribution in [0, 0.1) is 0 Å². The van der Waals surface area contributed by atoms with Gasteiger partial charge in [0.05, 0.1) is 12.5 Å². The van der Waals surface area contributed by atoms with Crippen LogP contribution in [-0.4, -0.2) is 29.4 Å². The third-order valence-corrected chi connectivity index (χ3v) is 3.24. The van der Waals surface area contributed by atoms with Gasteiger partial charge < -0.3 is 10.4 Å². The van der Waals surface area contributed by atoms with Crippen molar-refractivity contribution in [2.75, 3.05) is 6.54 Å². The van der Waals surface area contributed by atoms with Crippen molar-refractivity contribution in [2.45, 2.75) is 12.5 Å². The number of fused-ring (bicyclic) bond motifs is 1. The van der Waals surface area contributed by atoms with Crippen LogP contribution in [0.5, 0.6) is 0 Å². The van der Waals surface area contributed by atoms with Gasteiger partial charge >= 0.3 is 5.97 Å². The fourth-order valence-electron chi connectivity index (χ4n) is 2.20. The van der Waals surface area contributed by atoms with Gasteiger partial charge in [-0.1, -0.05) is 42.5 Å². The fraction of sp³-hybridized carbons (Fsp3) is 0.176. The molecule has 1 unspecified atom stereocenters. The van der Waals surface area contributed by atoms with Crippen molar-refractivity contribution < 1.29 is 14.7 Å². The second-order valence-electron chi connectivity index (χ2n) is 4.77. The van der Waals surface area contributed by atoms with Crippen LogP contribution in [0.25, 0.3) is 10.8 Å². The summed E-state index contributed by atoms with van der Waals surface area (Å²) in [5.74, 6) is -1.23. The van der Waals surface area contributed by atoms with Crippen molar-refractivity contribution in [3.05, 3.63) is 60.7 Å². The molecule has 0 saturated heterocycles. The van der Waals surface area contributed by atoms with Gasteiger partial charge in [0.1, 0.15) is 0 Å². The molecule has 0 saturated carbocycles. The van der Waals surface area contributed by atoms with Gasteiger partial charge in [-0.15, -0.1) is 6.58 Å². The molecule has 21 heavy (non-hydrogen) atoms. The number of hydrogen-bond acceptors (Lipinski definition) is 3. The standard InChI is InChI=1S/C17H17NO3/c1-2-9-18-15(11-16(19)20)17(21)14-8-7-12-5-3-4-6-13(12)10-14/h2-8,10,15,18H,1,9,11H2,(H,19,20). The van der Waals surface area contributed by atoms with Gasteiger partial charge in [0, 0.05) is 12.1 Å². The molecule has 0 bridgehead atoms. The zero-order chi connectivity index (χ0) is 15.2. The Labute approximate surface area is 123 Å². The van der Waals surface area contributed by atoms with Crippen molar-refractivity contribution >= 4 is 22.5 Å². The number of ketones is 1. The van der Waals surface area contributed by atoms with E-state index in [0.29, 0.717) is 12.1 Å². The van der Waals surface area contributed by atoms with Crippen LogP contribution in [-0.2, 0) is 4.79 Å². The number of carboxylic acids is 1. The van der Waals surface area contributed by atoms with Gasteiger partial charge in [0.15, 0.2) is 5.78 Å². The smallest absolute Gasteiger partial charge is 0.305 e. The second kappa shape index (κ2) is 6.81. The molecule has 0 aliphatic carbocycles. The van der Waals surface area contributed by atoms with Crippen molar-refractivity contribution in [1.29, 1.82) is 0 Å². The van der Waals surface area contributed by atoms with Gasteiger partial charge in [-0.2, -0.15) is 0 Å². The first-order valence-electron chi connectivity index (χ1n) is 6.71. The summed E-state index contributed by atoms with van der Waals surface area (Å²) >= 11 is 0. The van der Waals surface area contributed by atoms with E-state index in [-0.39, 0.29) is 12.2 Å². The number of carboxylic acid groups (broad SMARTS) is 1. The molecule has 0 aromatic heterocycles. The summed E-state index contributed by atoms with van der Waals surface area (Å²) in [5.41, 5.74) is 0.511. The molecule has 4 nitrogen and oxygen atoms in total. The third-order valence-electron chi connectivity index (χ3n) is 3.24. The summed E-state index contributed by atoms with van der Waals surface area (Å²) in [4.78, 5) is 23.4. The number of hydrogen-bond donors (Lipinski definition) is 2. The molecule has 4 heteroatoms. The van der Waals surface area contributed by atoms with Crippen LogP contribution in [0.3, 0.4) is 0 Å². The molecule has 2 N–H and O–H groups in total. The van der Waals surface area contributed by atoms with E-state index in [1.165, 1.54) is 0 Å². The number of Topliss-reactive ketones (excluding diaryl/α,β-unsaturated/α-hetero) is 1. The van der Waals surface area contributed by atoms with Crippen LogP contribution in [0.15, 0.2) is 55.1 Å². The number of rotatable bonds is 7. The maximum atomic E-state index is 12.5. The van der Waals surface area contributed by atoms with Gasteiger partial charge in [-0.3, -0.25) is 9.59 Å². The molecule has 0 fully saturated rings. The molecule has 0 amide bonds. The Balaban J connectivity index is 2.28. The van der Waals surface area contributed by atoms with Gasteiger partial charge in [0.25, 0.3) is 0 Å². The fourth-order valence-corrected chi connectivity index (χ4v) is 2.20. The van der Waals surface area contributed by atoms with E-state index in [2.05, 4.69) is 11.9 Å². The molecular weight excluding hydrogens is 266 g/mol. The average Bonchev–Trinajstić information content (AvgIpc) is 2.50. The maximum Gasteiger partial charge on any atom is 0.305 e. The molecule has 2 aromatic rings. The highest BCUT2D eigenvalue weighted by Gasteiger charge is 2.22. The minimum atomic E-state index is -1.01. The van der Waals surface area contributed by atoms with Crippen molar-refractivity contribution in [2.24, 2.45) is 0 Å². The number of carbonyl (C=O) groups is 2. The summed E-state index contributed by atoms with van der Waals surface area (Å²) in [7, 11) is 0. The number of carbonyl (C=O) groups excluding carboxylic acids is 1. The van der Waals surface area contributed by atoms with E-state index in [4.69, 9.17) is 5.11 Å². The second-order valence-corrected chi connectivity index (χ2v) is 4.77. The quantitative estimate of drug-likeness (QED) is 0.605. The number of benzene rings is 2. The normalized spacial score (nSPS) is 12.0. The first-order valence-corrected chi connectivity index (χ1v) is 6.71. The molecule has 108 valence electrons. The lowest BCUT2D eigenvalue weighted by molar-refractivity contribution is -0.137. The Morgan fingerprint density at radius 2 is 1.90 bits per heavy atom. The van der Waals surface area contributed by atoms with Crippen LogP contribution in [0.2, 0.25) is 0 Å². The number of aliphatic carboxylic acids is 1. The highest BCUT2D eigenvalue weighted by atomic mass is 16.4. The lowest BCUT2D eigenvalue weighted by atomic mass is 9.98. The van der Waals surface area contributed by atoms with Crippen LogP contribution in [0.4, 0.5) is 0 Å². The minimum Gasteiger partial charge on any atom is -0.481 e. The first kappa shape index (κ1) is 14.9. The zero-order valence-electron chi connectivity index (χ0n) is 11.6. The van der Waals surface area contributed by atoms with Crippen LogP contribution < -0.4 is 5.32 Å². The summed E-state index contributed by atoms with van der Waals surface area (Å²) < 4.78 is 0. The van der Waals surface area contributed by atoms with Gasteiger partial charge in [-0.05, 0) is 16.8 Å². The predicted molar refractivity (Wildman–Crippen MR) is 82.5 cm³/mol.